The van der Waals surface area contributed by atoms with Crippen molar-refractivity contribution in [1.82, 2.24) is 4.31 Å². The molecule has 8 nitrogen and oxygen atoms in total. The minimum atomic E-state index is -3.79. The van der Waals surface area contributed by atoms with Crippen LogP contribution in [0, 0.1) is 0 Å². The molecule has 2 aliphatic rings. The SMILES string of the molecule is COC[C@@H]1CCCN1S(=O)(=O)c1ccc2c(c1)C(=O)C(=O)N2CCCCCCCCCC(O)CF. The average molecular weight is 513 g/mol. The molecule has 1 N–H and O–H groups in total. The number of aliphatic hydroxyl groups is 1. The van der Waals surface area contributed by atoms with Crippen molar-refractivity contribution in [2.24, 2.45) is 0 Å². The van der Waals surface area contributed by atoms with Gasteiger partial charge in [-0.1, -0.05) is 38.5 Å². The second kappa shape index (κ2) is 12.9. The molecule has 1 amide bonds. The largest absolute Gasteiger partial charge is 0.390 e. The number of rotatable bonds is 15. The summed E-state index contributed by atoms with van der Waals surface area (Å²) in [6.45, 7) is 0.448. The summed E-state index contributed by atoms with van der Waals surface area (Å²) >= 11 is 0. The van der Waals surface area contributed by atoms with Gasteiger partial charge in [-0.2, -0.15) is 4.31 Å². The van der Waals surface area contributed by atoms with Gasteiger partial charge in [-0.15, -0.1) is 0 Å². The fourth-order valence-electron chi connectivity index (χ4n) is 4.89. The second-order valence-electron chi connectivity index (χ2n) is 9.40. The Morgan fingerprint density at radius 3 is 2.49 bits per heavy atom. The Kier molecular flexibility index (Phi) is 10.2. The molecule has 2 atom stereocenters. The van der Waals surface area contributed by atoms with Crippen molar-refractivity contribution in [1.29, 1.82) is 0 Å². The normalized spacial score (nSPS) is 19.5. The van der Waals surface area contributed by atoms with E-state index in [0.717, 1.165) is 57.8 Å². The summed E-state index contributed by atoms with van der Waals surface area (Å²) in [7, 11) is -2.25. The quantitative estimate of drug-likeness (QED) is 0.285. The zero-order valence-electron chi connectivity index (χ0n) is 20.5. The van der Waals surface area contributed by atoms with E-state index in [4.69, 9.17) is 4.74 Å². The van der Waals surface area contributed by atoms with Crippen LogP contribution in [0.5, 0.6) is 0 Å². The Morgan fingerprint density at radius 1 is 1.11 bits per heavy atom. The molecule has 3 rings (SSSR count). The van der Waals surface area contributed by atoms with E-state index in [-0.39, 0.29) is 16.5 Å². The number of nitrogens with zero attached hydrogens (tertiary/aromatic N) is 2. The summed E-state index contributed by atoms with van der Waals surface area (Å²) < 4.78 is 45.2. The number of methoxy groups -OCH3 is 1. The minimum Gasteiger partial charge on any atom is -0.390 e. The molecule has 1 aromatic carbocycles. The highest BCUT2D eigenvalue weighted by molar-refractivity contribution is 7.89. The van der Waals surface area contributed by atoms with Crippen molar-refractivity contribution in [3.05, 3.63) is 23.8 Å². The number of halogens is 1. The van der Waals surface area contributed by atoms with Gasteiger partial charge >= 0.3 is 0 Å². The number of amides is 1. The fraction of sp³-hybridized carbons (Fsp3) is 0.680. The first-order chi connectivity index (χ1) is 16.8. The average Bonchev–Trinajstić information content (AvgIpc) is 3.41. The maximum absolute atomic E-state index is 13.2. The molecule has 2 heterocycles. The predicted molar refractivity (Wildman–Crippen MR) is 131 cm³/mol. The van der Waals surface area contributed by atoms with Crippen molar-refractivity contribution in [3.63, 3.8) is 0 Å². The number of carbonyl (C=O) groups excluding carboxylic acids is 2. The fourth-order valence-corrected chi connectivity index (χ4v) is 6.60. The summed E-state index contributed by atoms with van der Waals surface area (Å²) in [6, 6.07) is 4.16. The van der Waals surface area contributed by atoms with Crippen LogP contribution in [0.25, 0.3) is 0 Å². The Labute approximate surface area is 207 Å². The first-order valence-electron chi connectivity index (χ1n) is 12.6. The number of aliphatic hydroxyl groups excluding tert-OH is 1. The Hall–Kier alpha value is -1.88. The lowest BCUT2D eigenvalue weighted by atomic mass is 10.1. The Balaban J connectivity index is 1.53. The van der Waals surface area contributed by atoms with Crippen LogP contribution in [-0.2, 0) is 19.6 Å². The molecule has 10 heteroatoms. The summed E-state index contributed by atoms with van der Waals surface area (Å²) in [4.78, 5) is 26.7. The highest BCUT2D eigenvalue weighted by Gasteiger charge is 2.39. The van der Waals surface area contributed by atoms with E-state index < -0.39 is 34.5 Å². The van der Waals surface area contributed by atoms with Crippen LogP contribution in [-0.4, -0.2) is 75.1 Å². The molecule has 2 aliphatic heterocycles. The van der Waals surface area contributed by atoms with E-state index in [1.807, 2.05) is 0 Å². The van der Waals surface area contributed by atoms with Crippen LogP contribution < -0.4 is 4.90 Å². The number of ether oxygens (including phenoxy) is 1. The smallest absolute Gasteiger partial charge is 0.299 e. The number of sulfonamides is 1. The van der Waals surface area contributed by atoms with Crippen molar-refractivity contribution >= 4 is 27.4 Å². The first kappa shape index (κ1) is 27.7. The van der Waals surface area contributed by atoms with Crippen molar-refractivity contribution in [3.8, 4) is 0 Å². The van der Waals surface area contributed by atoms with Gasteiger partial charge in [0.2, 0.25) is 10.0 Å². The number of Topliss-reactive ketones (excluding diaryl/α,β-unsaturated/α-hetero) is 1. The van der Waals surface area contributed by atoms with E-state index in [2.05, 4.69) is 0 Å². The molecule has 1 aromatic rings. The van der Waals surface area contributed by atoms with Crippen LogP contribution in [0.2, 0.25) is 0 Å². The third-order valence-electron chi connectivity index (χ3n) is 6.83. The number of hydrogen-bond donors (Lipinski definition) is 1. The molecule has 0 saturated carbocycles. The summed E-state index contributed by atoms with van der Waals surface area (Å²) in [5.74, 6) is -1.28. The van der Waals surface area contributed by atoms with Crippen molar-refractivity contribution in [2.45, 2.75) is 81.2 Å². The number of ketones is 1. The van der Waals surface area contributed by atoms with Crippen LogP contribution in [0.15, 0.2) is 23.1 Å². The van der Waals surface area contributed by atoms with Gasteiger partial charge in [0.1, 0.15) is 6.67 Å². The van der Waals surface area contributed by atoms with Crippen LogP contribution in [0.1, 0.15) is 74.6 Å². The van der Waals surface area contributed by atoms with Crippen LogP contribution in [0.4, 0.5) is 10.1 Å². The molecule has 1 saturated heterocycles. The molecule has 0 aromatic heterocycles. The van der Waals surface area contributed by atoms with Gasteiger partial charge in [-0.3, -0.25) is 9.59 Å². The van der Waals surface area contributed by atoms with Gasteiger partial charge in [0, 0.05) is 26.2 Å². The minimum absolute atomic E-state index is 0.0290. The molecule has 1 unspecified atom stereocenters. The van der Waals surface area contributed by atoms with Crippen molar-refractivity contribution < 1.29 is 32.2 Å². The van der Waals surface area contributed by atoms with Crippen LogP contribution in [0.3, 0.4) is 0 Å². The number of unbranched alkanes of at least 4 members (excludes halogenated alkanes) is 6. The third-order valence-corrected chi connectivity index (χ3v) is 8.78. The molecular weight excluding hydrogens is 475 g/mol. The van der Waals surface area contributed by atoms with Gasteiger partial charge in [0.15, 0.2) is 0 Å². The van der Waals surface area contributed by atoms with Gasteiger partial charge in [-0.25, -0.2) is 12.8 Å². The predicted octanol–water partition coefficient (Wildman–Crippen LogP) is 3.47. The van der Waals surface area contributed by atoms with E-state index >= 15 is 0 Å². The molecule has 0 aliphatic carbocycles. The summed E-state index contributed by atoms with van der Waals surface area (Å²) in [5.41, 5.74) is 0.620. The second-order valence-corrected chi connectivity index (χ2v) is 11.3. The molecule has 196 valence electrons. The third kappa shape index (κ3) is 6.67. The lowest BCUT2D eigenvalue weighted by Crippen LogP contribution is -2.38. The Bertz CT molecular complexity index is 986. The number of anilines is 1. The molecule has 1 fully saturated rings. The molecular formula is C25H37FN2O6S. The molecule has 35 heavy (non-hydrogen) atoms. The maximum atomic E-state index is 13.2. The van der Waals surface area contributed by atoms with Crippen LogP contribution >= 0.6 is 0 Å². The lowest BCUT2D eigenvalue weighted by molar-refractivity contribution is -0.114. The van der Waals surface area contributed by atoms with Gasteiger partial charge < -0.3 is 14.7 Å². The highest BCUT2D eigenvalue weighted by atomic mass is 32.2. The maximum Gasteiger partial charge on any atom is 0.299 e. The molecule has 0 spiro atoms. The molecule has 0 radical (unpaired) electrons. The number of hydrogen-bond acceptors (Lipinski definition) is 6. The van der Waals surface area contributed by atoms with E-state index in [0.29, 0.717) is 31.8 Å². The van der Waals surface area contributed by atoms with Gasteiger partial charge in [0.25, 0.3) is 11.7 Å². The number of carbonyl (C=O) groups is 2. The summed E-state index contributed by atoms with van der Waals surface area (Å²) in [6.07, 6.45) is 7.58. The number of fused-ring (bicyclic) bond motifs is 1. The lowest BCUT2D eigenvalue weighted by Gasteiger charge is -2.24. The standard InChI is InChI=1S/C25H37FN2O6S/c1-34-18-19-10-9-15-28(19)35(32,33)21-12-13-23-22(16-21)24(30)25(31)27(23)14-8-6-4-2-3-5-7-11-20(29)17-26/h12-13,16,19-20,29H,2-11,14-15,17-18H2,1H3/t19-,20?/m0/s1. The zero-order valence-corrected chi connectivity index (χ0v) is 21.3. The monoisotopic (exact) mass is 512 g/mol. The Morgan fingerprint density at radius 2 is 1.80 bits per heavy atom. The zero-order chi connectivity index (χ0) is 25.4. The van der Waals surface area contributed by atoms with E-state index in [9.17, 15) is 27.5 Å². The van der Waals surface area contributed by atoms with Gasteiger partial charge in [-0.05, 0) is 43.9 Å². The van der Waals surface area contributed by atoms with E-state index in [1.54, 1.807) is 13.2 Å². The molecule has 0 bridgehead atoms. The number of benzene rings is 1. The van der Waals surface area contributed by atoms with E-state index in [1.165, 1.54) is 21.3 Å². The highest BCUT2D eigenvalue weighted by Crippen LogP contribution is 2.34. The van der Waals surface area contributed by atoms with Crippen molar-refractivity contribution in [2.75, 3.05) is 38.4 Å². The first-order valence-corrected chi connectivity index (χ1v) is 14.0. The number of alkyl halides is 1. The topological polar surface area (TPSA) is 104 Å². The van der Waals surface area contributed by atoms with Gasteiger partial charge in [0.05, 0.1) is 28.9 Å². The summed E-state index contributed by atoms with van der Waals surface area (Å²) in [5, 5.41) is 9.21.